The first-order valence-corrected chi connectivity index (χ1v) is 7.40. The number of aryl methyl sites for hydroxylation is 1. The molecule has 24 heavy (non-hydrogen) atoms. The number of aliphatic imine (C=N–C) groups is 1. The third-order valence-electron chi connectivity index (χ3n) is 3.73. The Balaban J connectivity index is 0.00000208. The Morgan fingerprint density at radius 3 is 2.88 bits per heavy atom. The fraction of sp³-hybridized carbons (Fsp3) is 0.429. The number of piperazine rings is 1. The van der Waals surface area contributed by atoms with E-state index in [2.05, 4.69) is 25.6 Å². The number of aromatic amines is 1. The van der Waals surface area contributed by atoms with Gasteiger partial charge in [0.25, 0.3) is 0 Å². The maximum absolute atomic E-state index is 12.4. The average Bonchev–Trinajstić information content (AvgIpc) is 3.20. The number of halogens is 1. The molecule has 0 unspecified atom stereocenters. The van der Waals surface area contributed by atoms with Gasteiger partial charge >= 0.3 is 0 Å². The molecule has 2 aromatic rings. The number of hydrogen-bond acceptors (Lipinski definition) is 4. The van der Waals surface area contributed by atoms with Crippen molar-refractivity contribution in [3.8, 4) is 0 Å². The summed E-state index contributed by atoms with van der Waals surface area (Å²) in [4.78, 5) is 20.4. The number of aromatic nitrogens is 4. The van der Waals surface area contributed by atoms with Gasteiger partial charge in [0, 0.05) is 39.6 Å². The Labute approximate surface area is 157 Å². The van der Waals surface area contributed by atoms with Crippen molar-refractivity contribution in [1.82, 2.24) is 30.2 Å². The second-order valence-corrected chi connectivity index (χ2v) is 5.32. The minimum absolute atomic E-state index is 0. The third kappa shape index (κ3) is 4.04. The van der Waals surface area contributed by atoms with Crippen LogP contribution in [0.5, 0.6) is 0 Å². The maximum atomic E-state index is 12.4. The van der Waals surface area contributed by atoms with Crippen LogP contribution in [-0.2, 0) is 18.4 Å². The van der Waals surface area contributed by atoms with E-state index in [1.807, 2.05) is 24.2 Å². The molecule has 0 aliphatic carbocycles. The van der Waals surface area contributed by atoms with Crippen LogP contribution in [0.15, 0.2) is 29.6 Å². The van der Waals surface area contributed by atoms with E-state index >= 15 is 0 Å². The van der Waals surface area contributed by atoms with E-state index in [0.717, 1.165) is 11.4 Å². The number of rotatable bonds is 3. The van der Waals surface area contributed by atoms with Gasteiger partial charge in [-0.05, 0) is 6.07 Å². The molecule has 130 valence electrons. The lowest BCUT2D eigenvalue weighted by Crippen LogP contribution is -2.55. The largest absolute Gasteiger partial charge is 0.351 e. The second kappa shape index (κ2) is 8.13. The van der Waals surface area contributed by atoms with Crippen LogP contribution in [0.1, 0.15) is 5.69 Å². The highest BCUT2D eigenvalue weighted by molar-refractivity contribution is 14.0. The lowest BCUT2D eigenvalue weighted by molar-refractivity contribution is -0.120. The molecule has 2 aromatic heterocycles. The van der Waals surface area contributed by atoms with Gasteiger partial charge in [-0.1, -0.05) is 0 Å². The minimum atomic E-state index is 0. The van der Waals surface area contributed by atoms with Crippen molar-refractivity contribution in [2.45, 2.75) is 6.54 Å². The number of nitrogens with one attached hydrogen (secondary N) is 2. The normalized spacial score (nSPS) is 15.4. The van der Waals surface area contributed by atoms with Gasteiger partial charge in [0.05, 0.1) is 24.1 Å². The molecule has 3 rings (SSSR count). The van der Waals surface area contributed by atoms with E-state index in [1.54, 1.807) is 29.0 Å². The monoisotopic (exact) mass is 444 g/mol. The van der Waals surface area contributed by atoms with E-state index in [4.69, 9.17) is 0 Å². The maximum Gasteiger partial charge on any atom is 0.246 e. The predicted octanol–water partition coefficient (Wildman–Crippen LogP) is 0.185. The molecule has 0 aromatic carbocycles. The van der Waals surface area contributed by atoms with Crippen LogP contribution in [0.25, 0.3) is 0 Å². The number of carbonyl (C=O) groups is 1. The van der Waals surface area contributed by atoms with Gasteiger partial charge in [-0.25, -0.2) is 0 Å². The fourth-order valence-electron chi connectivity index (χ4n) is 2.56. The number of nitrogens with zero attached hydrogens (tertiary/aromatic N) is 6. The average molecular weight is 444 g/mol. The molecule has 0 bridgehead atoms. The Morgan fingerprint density at radius 1 is 1.46 bits per heavy atom. The first-order valence-electron chi connectivity index (χ1n) is 7.40. The van der Waals surface area contributed by atoms with Crippen molar-refractivity contribution in [2.24, 2.45) is 12.0 Å². The van der Waals surface area contributed by atoms with Crippen molar-refractivity contribution in [3.63, 3.8) is 0 Å². The van der Waals surface area contributed by atoms with Gasteiger partial charge in [0.1, 0.15) is 6.54 Å². The van der Waals surface area contributed by atoms with Gasteiger partial charge in [-0.3, -0.25) is 19.6 Å². The van der Waals surface area contributed by atoms with Crippen LogP contribution in [0, 0.1) is 0 Å². The molecule has 10 heteroatoms. The lowest BCUT2D eigenvalue weighted by Gasteiger charge is -2.35. The summed E-state index contributed by atoms with van der Waals surface area (Å²) in [7, 11) is 3.55. The summed E-state index contributed by atoms with van der Waals surface area (Å²) in [6.45, 7) is 2.19. The van der Waals surface area contributed by atoms with Gasteiger partial charge in [0.15, 0.2) is 5.96 Å². The van der Waals surface area contributed by atoms with Crippen LogP contribution >= 0.6 is 24.0 Å². The van der Waals surface area contributed by atoms with E-state index in [-0.39, 0.29) is 36.4 Å². The highest BCUT2D eigenvalue weighted by Gasteiger charge is 2.27. The second-order valence-electron chi connectivity index (χ2n) is 5.32. The number of amides is 1. The van der Waals surface area contributed by atoms with Crippen LogP contribution in [-0.4, -0.2) is 63.4 Å². The smallest absolute Gasteiger partial charge is 0.246 e. The molecular formula is C14H21IN8O. The highest BCUT2D eigenvalue weighted by Crippen LogP contribution is 2.16. The number of carbonyl (C=O) groups excluding carboxylic acids is 1. The summed E-state index contributed by atoms with van der Waals surface area (Å²) in [5.74, 6) is 0.743. The topological polar surface area (TPSA) is 94.4 Å². The van der Waals surface area contributed by atoms with Crippen molar-refractivity contribution < 1.29 is 4.79 Å². The zero-order valence-electron chi connectivity index (χ0n) is 13.6. The molecule has 1 saturated heterocycles. The minimum Gasteiger partial charge on any atom is -0.351 e. The number of hydrogen-bond donors (Lipinski definition) is 2. The van der Waals surface area contributed by atoms with Crippen LogP contribution in [0.4, 0.5) is 5.69 Å². The number of H-pyrrole nitrogens is 1. The predicted molar refractivity (Wildman–Crippen MR) is 101 cm³/mol. The van der Waals surface area contributed by atoms with E-state index < -0.39 is 0 Å². The van der Waals surface area contributed by atoms with Crippen LogP contribution in [0.3, 0.4) is 0 Å². The molecule has 1 aliphatic heterocycles. The van der Waals surface area contributed by atoms with Gasteiger partial charge in [-0.15, -0.1) is 24.0 Å². The highest BCUT2D eigenvalue weighted by atomic mass is 127. The first kappa shape index (κ1) is 18.2. The SMILES string of the molecule is CN=C(NCc1ccn[nH]1)N1CCN(c2cnn(C)c2)C(=O)C1.I. The van der Waals surface area contributed by atoms with Crippen molar-refractivity contribution in [2.75, 3.05) is 31.6 Å². The zero-order valence-corrected chi connectivity index (χ0v) is 16.0. The lowest BCUT2D eigenvalue weighted by atomic mass is 10.3. The molecule has 0 radical (unpaired) electrons. The Bertz CT molecular complexity index is 695. The van der Waals surface area contributed by atoms with Gasteiger partial charge < -0.3 is 15.1 Å². The zero-order chi connectivity index (χ0) is 16.2. The summed E-state index contributed by atoms with van der Waals surface area (Å²) in [6.07, 6.45) is 5.26. The summed E-state index contributed by atoms with van der Waals surface area (Å²) in [5.41, 5.74) is 1.80. The molecule has 1 aliphatic rings. The standard InChI is InChI=1S/C14H20N8O.HI/c1-15-14(16-7-11-3-4-17-19-11)21-5-6-22(13(23)10-21)12-8-18-20(2)9-12;/h3-4,8-9H,5-7,10H2,1-2H3,(H,15,16)(H,17,19);1H. The van der Waals surface area contributed by atoms with E-state index in [9.17, 15) is 4.79 Å². The molecule has 3 heterocycles. The Hall–Kier alpha value is -2.11. The molecule has 0 atom stereocenters. The van der Waals surface area contributed by atoms with Crippen molar-refractivity contribution in [3.05, 3.63) is 30.4 Å². The summed E-state index contributed by atoms with van der Waals surface area (Å²) in [6, 6.07) is 1.89. The van der Waals surface area contributed by atoms with Crippen LogP contribution < -0.4 is 10.2 Å². The first-order chi connectivity index (χ1) is 11.2. The quantitative estimate of drug-likeness (QED) is 0.401. The van der Waals surface area contributed by atoms with Gasteiger partial charge in [0.2, 0.25) is 5.91 Å². The summed E-state index contributed by atoms with van der Waals surface area (Å²) < 4.78 is 1.69. The number of anilines is 1. The summed E-state index contributed by atoms with van der Waals surface area (Å²) in [5, 5.41) is 14.2. The number of guanidine groups is 1. The molecule has 0 saturated carbocycles. The molecule has 0 spiro atoms. The fourth-order valence-corrected chi connectivity index (χ4v) is 2.56. The molecule has 2 N–H and O–H groups in total. The van der Waals surface area contributed by atoms with Gasteiger partial charge in [-0.2, -0.15) is 10.2 Å². The van der Waals surface area contributed by atoms with Crippen molar-refractivity contribution >= 4 is 41.5 Å². The Kier molecular flexibility index (Phi) is 6.17. The van der Waals surface area contributed by atoms with E-state index in [0.29, 0.717) is 25.6 Å². The molecular weight excluding hydrogens is 423 g/mol. The van der Waals surface area contributed by atoms with Crippen LogP contribution in [0.2, 0.25) is 0 Å². The molecule has 9 nitrogen and oxygen atoms in total. The Morgan fingerprint density at radius 2 is 2.29 bits per heavy atom. The van der Waals surface area contributed by atoms with Crippen molar-refractivity contribution in [1.29, 1.82) is 0 Å². The van der Waals surface area contributed by atoms with E-state index in [1.165, 1.54) is 0 Å². The molecule has 1 fully saturated rings. The molecule has 1 amide bonds. The summed E-state index contributed by atoms with van der Waals surface area (Å²) >= 11 is 0. The third-order valence-corrected chi connectivity index (χ3v) is 3.73.